The number of thioether (sulfide) groups is 1. The Kier molecular flexibility index (Phi) is 4.88. The molecule has 84 valence electrons. The number of aromatic nitrogens is 2. The molecule has 15 heavy (non-hydrogen) atoms. The van der Waals surface area contributed by atoms with Crippen LogP contribution in [0.15, 0.2) is 11.4 Å². The molecule has 0 aromatic carbocycles. The summed E-state index contributed by atoms with van der Waals surface area (Å²) in [5, 5.41) is 4.80. The van der Waals surface area contributed by atoms with E-state index in [-0.39, 0.29) is 0 Å². The van der Waals surface area contributed by atoms with E-state index >= 15 is 0 Å². The summed E-state index contributed by atoms with van der Waals surface area (Å²) in [6.45, 7) is 6.54. The fraction of sp³-hybridized carbons (Fsp3) is 0.636. The molecule has 0 saturated heterocycles. The first-order valence-electron chi connectivity index (χ1n) is 5.37. The molecule has 4 heteroatoms. The highest BCUT2D eigenvalue weighted by molar-refractivity contribution is 7.99. The van der Waals surface area contributed by atoms with Gasteiger partial charge in [0, 0.05) is 17.9 Å². The van der Waals surface area contributed by atoms with Gasteiger partial charge in [-0.25, -0.2) is 9.97 Å². The summed E-state index contributed by atoms with van der Waals surface area (Å²) in [7, 11) is 1.91. The summed E-state index contributed by atoms with van der Waals surface area (Å²) in [4.78, 5) is 8.61. The molecule has 1 aromatic heterocycles. The molecule has 1 rings (SSSR count). The van der Waals surface area contributed by atoms with Gasteiger partial charge in [-0.3, -0.25) is 0 Å². The van der Waals surface area contributed by atoms with Crippen LogP contribution in [-0.2, 0) is 6.42 Å². The van der Waals surface area contributed by atoms with Gasteiger partial charge in [0.1, 0.15) is 17.2 Å². The molecule has 0 saturated carbocycles. The third-order valence-corrected chi connectivity index (χ3v) is 3.04. The SMILES string of the molecule is CCCc1c(NC)ncnc1SC(C)C. The molecule has 0 aliphatic rings. The minimum absolute atomic E-state index is 0.556. The Morgan fingerprint density at radius 3 is 2.67 bits per heavy atom. The minimum Gasteiger partial charge on any atom is -0.373 e. The van der Waals surface area contributed by atoms with E-state index in [1.165, 1.54) is 5.56 Å². The second-order valence-electron chi connectivity index (χ2n) is 3.67. The normalized spacial score (nSPS) is 10.7. The van der Waals surface area contributed by atoms with Crippen molar-refractivity contribution in [2.75, 3.05) is 12.4 Å². The van der Waals surface area contributed by atoms with Gasteiger partial charge >= 0.3 is 0 Å². The summed E-state index contributed by atoms with van der Waals surface area (Å²) in [5.41, 5.74) is 1.25. The van der Waals surface area contributed by atoms with Gasteiger partial charge in [-0.05, 0) is 6.42 Å². The average Bonchev–Trinajstić information content (AvgIpc) is 2.20. The van der Waals surface area contributed by atoms with Crippen LogP contribution in [0.25, 0.3) is 0 Å². The third kappa shape index (κ3) is 3.38. The Hall–Kier alpha value is -0.770. The van der Waals surface area contributed by atoms with Gasteiger partial charge in [-0.2, -0.15) is 0 Å². The molecule has 0 atom stereocenters. The van der Waals surface area contributed by atoms with Gasteiger partial charge in [-0.1, -0.05) is 27.2 Å². The summed E-state index contributed by atoms with van der Waals surface area (Å²) in [6.07, 6.45) is 3.79. The third-order valence-electron chi connectivity index (χ3n) is 1.99. The molecule has 0 bridgehead atoms. The highest BCUT2D eigenvalue weighted by Crippen LogP contribution is 2.28. The number of hydrogen-bond donors (Lipinski definition) is 1. The first-order valence-corrected chi connectivity index (χ1v) is 6.25. The molecule has 1 heterocycles. The standard InChI is InChI=1S/C11H19N3S/c1-5-6-9-10(12-4)13-7-14-11(9)15-8(2)3/h7-8H,5-6H2,1-4H3,(H,12,13,14). The smallest absolute Gasteiger partial charge is 0.133 e. The van der Waals surface area contributed by atoms with Crippen LogP contribution >= 0.6 is 11.8 Å². The van der Waals surface area contributed by atoms with Crippen LogP contribution < -0.4 is 5.32 Å². The molecule has 0 amide bonds. The monoisotopic (exact) mass is 225 g/mol. The van der Waals surface area contributed by atoms with E-state index in [0.29, 0.717) is 5.25 Å². The highest BCUT2D eigenvalue weighted by atomic mass is 32.2. The van der Waals surface area contributed by atoms with E-state index in [0.717, 1.165) is 23.7 Å². The van der Waals surface area contributed by atoms with E-state index in [2.05, 4.69) is 36.1 Å². The second-order valence-corrected chi connectivity index (χ2v) is 5.24. The summed E-state index contributed by atoms with van der Waals surface area (Å²) >= 11 is 1.80. The number of nitrogens with one attached hydrogen (secondary N) is 1. The maximum absolute atomic E-state index is 4.36. The van der Waals surface area contributed by atoms with Crippen molar-refractivity contribution >= 4 is 17.6 Å². The topological polar surface area (TPSA) is 37.8 Å². The van der Waals surface area contributed by atoms with Crippen molar-refractivity contribution in [2.45, 2.75) is 43.9 Å². The Morgan fingerprint density at radius 2 is 2.13 bits per heavy atom. The van der Waals surface area contributed by atoms with Gasteiger partial charge < -0.3 is 5.32 Å². The predicted molar refractivity (Wildman–Crippen MR) is 66.6 cm³/mol. The summed E-state index contributed by atoms with van der Waals surface area (Å²) < 4.78 is 0. The summed E-state index contributed by atoms with van der Waals surface area (Å²) in [5.74, 6) is 0.968. The van der Waals surface area contributed by atoms with Crippen LogP contribution in [-0.4, -0.2) is 22.3 Å². The van der Waals surface area contributed by atoms with Crippen molar-refractivity contribution in [1.29, 1.82) is 0 Å². The van der Waals surface area contributed by atoms with Crippen LogP contribution in [0, 0.1) is 0 Å². The quantitative estimate of drug-likeness (QED) is 0.617. The average molecular weight is 225 g/mol. The fourth-order valence-corrected chi connectivity index (χ4v) is 2.31. The van der Waals surface area contributed by atoms with Gasteiger partial charge in [0.15, 0.2) is 0 Å². The molecule has 0 fully saturated rings. The number of rotatable bonds is 5. The lowest BCUT2D eigenvalue weighted by atomic mass is 10.2. The van der Waals surface area contributed by atoms with Crippen molar-refractivity contribution < 1.29 is 0 Å². The van der Waals surface area contributed by atoms with E-state index in [1.807, 2.05) is 7.05 Å². The van der Waals surface area contributed by atoms with Crippen LogP contribution in [0.5, 0.6) is 0 Å². The lowest BCUT2D eigenvalue weighted by Gasteiger charge is -2.12. The van der Waals surface area contributed by atoms with Crippen LogP contribution in [0.3, 0.4) is 0 Å². The zero-order valence-electron chi connectivity index (χ0n) is 9.87. The van der Waals surface area contributed by atoms with Gasteiger partial charge in [-0.15, -0.1) is 11.8 Å². The van der Waals surface area contributed by atoms with Crippen molar-refractivity contribution in [2.24, 2.45) is 0 Å². The molecule has 0 aliphatic heterocycles. The first kappa shape index (κ1) is 12.3. The van der Waals surface area contributed by atoms with Crippen LogP contribution in [0.1, 0.15) is 32.8 Å². The molecule has 3 nitrogen and oxygen atoms in total. The van der Waals surface area contributed by atoms with E-state index < -0.39 is 0 Å². The maximum Gasteiger partial charge on any atom is 0.133 e. The summed E-state index contributed by atoms with van der Waals surface area (Å²) in [6, 6.07) is 0. The second kappa shape index (κ2) is 5.95. The molecule has 1 aromatic rings. The Morgan fingerprint density at radius 1 is 1.40 bits per heavy atom. The number of hydrogen-bond acceptors (Lipinski definition) is 4. The van der Waals surface area contributed by atoms with Gasteiger partial charge in [0.25, 0.3) is 0 Å². The van der Waals surface area contributed by atoms with Crippen LogP contribution in [0.4, 0.5) is 5.82 Å². The Bertz CT molecular complexity index is 313. The fourth-order valence-electron chi connectivity index (χ4n) is 1.41. The predicted octanol–water partition coefficient (Wildman–Crippen LogP) is 2.97. The largest absolute Gasteiger partial charge is 0.373 e. The zero-order chi connectivity index (χ0) is 11.3. The van der Waals surface area contributed by atoms with Crippen molar-refractivity contribution in [3.63, 3.8) is 0 Å². The Balaban J connectivity index is 3.01. The lowest BCUT2D eigenvalue weighted by molar-refractivity contribution is 0.856. The van der Waals surface area contributed by atoms with Crippen molar-refractivity contribution in [1.82, 2.24) is 9.97 Å². The minimum atomic E-state index is 0.556. The molecule has 1 N–H and O–H groups in total. The van der Waals surface area contributed by atoms with Crippen molar-refractivity contribution in [3.05, 3.63) is 11.9 Å². The van der Waals surface area contributed by atoms with Crippen molar-refractivity contribution in [3.8, 4) is 0 Å². The lowest BCUT2D eigenvalue weighted by Crippen LogP contribution is -2.03. The van der Waals surface area contributed by atoms with E-state index in [4.69, 9.17) is 0 Å². The molecule has 0 aliphatic carbocycles. The van der Waals surface area contributed by atoms with E-state index in [9.17, 15) is 0 Å². The van der Waals surface area contributed by atoms with E-state index in [1.54, 1.807) is 18.1 Å². The highest BCUT2D eigenvalue weighted by Gasteiger charge is 2.11. The van der Waals surface area contributed by atoms with Crippen LogP contribution in [0.2, 0.25) is 0 Å². The molecule has 0 spiro atoms. The molecular weight excluding hydrogens is 206 g/mol. The van der Waals surface area contributed by atoms with Gasteiger partial charge in [0.2, 0.25) is 0 Å². The Labute approximate surface area is 96.1 Å². The molecule has 0 radical (unpaired) electrons. The first-order chi connectivity index (χ1) is 7.19. The number of nitrogens with zero attached hydrogens (tertiary/aromatic N) is 2. The number of anilines is 1. The van der Waals surface area contributed by atoms with Gasteiger partial charge in [0.05, 0.1) is 0 Å². The maximum atomic E-state index is 4.36. The zero-order valence-corrected chi connectivity index (χ0v) is 10.7. The molecular formula is C11H19N3S. The molecule has 0 unspecified atom stereocenters.